The molecule has 1 heterocycles. The van der Waals surface area contributed by atoms with Crippen LogP contribution >= 0.6 is 12.2 Å². The standard InChI is InChI=1S/C12H19N3OS/c1-3-15(4-2)7-8-16-11-9-14-6-5-10(11)12(13)17/h5-6,9H,3-4,7-8H2,1-2H3,(H2,13,17). The highest BCUT2D eigenvalue weighted by Gasteiger charge is 2.06. The van der Waals surface area contributed by atoms with E-state index in [0.717, 1.165) is 25.2 Å². The molecule has 4 nitrogen and oxygen atoms in total. The number of hydrogen-bond acceptors (Lipinski definition) is 4. The Labute approximate surface area is 108 Å². The predicted molar refractivity (Wildman–Crippen MR) is 73.4 cm³/mol. The van der Waals surface area contributed by atoms with Crippen molar-refractivity contribution in [1.29, 1.82) is 0 Å². The fourth-order valence-electron chi connectivity index (χ4n) is 1.52. The van der Waals surface area contributed by atoms with E-state index in [9.17, 15) is 0 Å². The van der Waals surface area contributed by atoms with Crippen molar-refractivity contribution >= 4 is 17.2 Å². The van der Waals surface area contributed by atoms with Crippen LogP contribution < -0.4 is 10.5 Å². The van der Waals surface area contributed by atoms with Gasteiger partial charge < -0.3 is 15.4 Å². The molecule has 1 rings (SSSR count). The first kappa shape index (κ1) is 13.9. The van der Waals surface area contributed by atoms with E-state index < -0.39 is 0 Å². The second-order valence-electron chi connectivity index (χ2n) is 3.61. The lowest BCUT2D eigenvalue weighted by atomic mass is 10.2. The zero-order valence-electron chi connectivity index (χ0n) is 10.3. The van der Waals surface area contributed by atoms with Crippen LogP contribution in [0.4, 0.5) is 0 Å². The second kappa shape index (κ2) is 7.19. The number of thiocarbonyl (C=S) groups is 1. The summed E-state index contributed by atoms with van der Waals surface area (Å²) >= 11 is 4.96. The van der Waals surface area contributed by atoms with Gasteiger partial charge in [-0.1, -0.05) is 26.1 Å². The molecule has 1 aromatic heterocycles. The predicted octanol–water partition coefficient (Wildman–Crippen LogP) is 1.44. The van der Waals surface area contributed by atoms with E-state index in [4.69, 9.17) is 22.7 Å². The molecule has 0 aliphatic heterocycles. The highest BCUT2D eigenvalue weighted by Crippen LogP contribution is 2.15. The molecule has 0 amide bonds. The molecule has 1 aromatic rings. The minimum Gasteiger partial charge on any atom is -0.490 e. The molecule has 0 fully saturated rings. The summed E-state index contributed by atoms with van der Waals surface area (Å²) in [4.78, 5) is 6.64. The third-order valence-corrected chi connectivity index (χ3v) is 2.83. The molecule has 0 spiro atoms. The lowest BCUT2D eigenvalue weighted by Crippen LogP contribution is -2.28. The third kappa shape index (κ3) is 4.28. The third-order valence-electron chi connectivity index (χ3n) is 2.61. The Bertz CT molecular complexity index is 367. The van der Waals surface area contributed by atoms with Crippen LogP contribution in [-0.4, -0.2) is 41.1 Å². The van der Waals surface area contributed by atoms with Gasteiger partial charge >= 0.3 is 0 Å². The number of nitrogens with zero attached hydrogens (tertiary/aromatic N) is 2. The maximum atomic E-state index is 5.66. The maximum absolute atomic E-state index is 5.66. The van der Waals surface area contributed by atoms with E-state index in [-0.39, 0.29) is 0 Å². The van der Waals surface area contributed by atoms with Crippen LogP contribution in [0.25, 0.3) is 0 Å². The molecular weight excluding hydrogens is 234 g/mol. The van der Waals surface area contributed by atoms with Gasteiger partial charge in [0.15, 0.2) is 0 Å². The van der Waals surface area contributed by atoms with Gasteiger partial charge in [0.05, 0.1) is 11.8 Å². The number of rotatable bonds is 7. The van der Waals surface area contributed by atoms with Crippen LogP contribution in [0.5, 0.6) is 5.75 Å². The van der Waals surface area contributed by atoms with E-state index >= 15 is 0 Å². The van der Waals surface area contributed by atoms with E-state index in [2.05, 4.69) is 23.7 Å². The molecule has 0 aliphatic rings. The molecule has 0 atom stereocenters. The zero-order chi connectivity index (χ0) is 12.7. The average molecular weight is 253 g/mol. The summed E-state index contributed by atoms with van der Waals surface area (Å²) in [6.45, 7) is 7.81. The Morgan fingerprint density at radius 3 is 2.76 bits per heavy atom. The van der Waals surface area contributed by atoms with Crippen molar-refractivity contribution in [2.75, 3.05) is 26.2 Å². The van der Waals surface area contributed by atoms with Gasteiger partial charge in [-0.25, -0.2) is 0 Å². The normalized spacial score (nSPS) is 10.5. The highest BCUT2D eigenvalue weighted by molar-refractivity contribution is 7.80. The number of hydrogen-bond donors (Lipinski definition) is 1. The van der Waals surface area contributed by atoms with Crippen LogP contribution in [0.1, 0.15) is 19.4 Å². The monoisotopic (exact) mass is 253 g/mol. The minimum absolute atomic E-state index is 0.338. The van der Waals surface area contributed by atoms with Gasteiger partial charge in [0.25, 0.3) is 0 Å². The van der Waals surface area contributed by atoms with Crippen molar-refractivity contribution in [3.63, 3.8) is 0 Å². The molecule has 5 heteroatoms. The van der Waals surface area contributed by atoms with Crippen LogP contribution in [0.3, 0.4) is 0 Å². The minimum atomic E-state index is 0.338. The van der Waals surface area contributed by atoms with Gasteiger partial charge in [0.2, 0.25) is 0 Å². The van der Waals surface area contributed by atoms with Crippen LogP contribution in [0.2, 0.25) is 0 Å². The maximum Gasteiger partial charge on any atom is 0.147 e. The molecule has 0 aliphatic carbocycles. The van der Waals surface area contributed by atoms with Crippen molar-refractivity contribution < 1.29 is 4.74 Å². The van der Waals surface area contributed by atoms with Gasteiger partial charge in [-0.3, -0.25) is 4.98 Å². The number of nitrogens with two attached hydrogens (primary N) is 1. The summed E-state index contributed by atoms with van der Waals surface area (Å²) in [5, 5.41) is 0. The van der Waals surface area contributed by atoms with Crippen molar-refractivity contribution in [2.45, 2.75) is 13.8 Å². The number of likely N-dealkylation sites (N-methyl/N-ethyl adjacent to an activating group) is 1. The molecule has 0 radical (unpaired) electrons. The molecule has 0 aromatic carbocycles. The number of ether oxygens (including phenoxy) is 1. The summed E-state index contributed by atoms with van der Waals surface area (Å²) < 4.78 is 5.66. The molecular formula is C12H19N3OS. The van der Waals surface area contributed by atoms with Gasteiger partial charge in [0.1, 0.15) is 17.3 Å². The second-order valence-corrected chi connectivity index (χ2v) is 4.05. The summed E-state index contributed by atoms with van der Waals surface area (Å²) in [7, 11) is 0. The zero-order valence-corrected chi connectivity index (χ0v) is 11.2. The Morgan fingerprint density at radius 1 is 1.47 bits per heavy atom. The largest absolute Gasteiger partial charge is 0.490 e. The lowest BCUT2D eigenvalue weighted by molar-refractivity contribution is 0.222. The Balaban J connectivity index is 2.54. The van der Waals surface area contributed by atoms with Gasteiger partial charge in [-0.05, 0) is 19.2 Å². The van der Waals surface area contributed by atoms with E-state index in [0.29, 0.717) is 17.3 Å². The Hall–Kier alpha value is -1.20. The summed E-state index contributed by atoms with van der Waals surface area (Å²) in [6, 6.07) is 1.77. The summed E-state index contributed by atoms with van der Waals surface area (Å²) in [6.07, 6.45) is 3.31. The Kier molecular flexibility index (Phi) is 5.86. The van der Waals surface area contributed by atoms with Crippen molar-refractivity contribution in [1.82, 2.24) is 9.88 Å². The first-order valence-electron chi connectivity index (χ1n) is 5.78. The first-order valence-corrected chi connectivity index (χ1v) is 6.18. The van der Waals surface area contributed by atoms with Gasteiger partial charge in [-0.2, -0.15) is 0 Å². The summed E-state index contributed by atoms with van der Waals surface area (Å²) in [5.74, 6) is 0.659. The Morgan fingerprint density at radius 2 is 2.18 bits per heavy atom. The molecule has 0 saturated heterocycles. The number of pyridine rings is 1. The van der Waals surface area contributed by atoms with Crippen molar-refractivity contribution in [3.05, 3.63) is 24.0 Å². The van der Waals surface area contributed by atoms with Crippen molar-refractivity contribution in [3.8, 4) is 5.75 Å². The molecule has 94 valence electrons. The topological polar surface area (TPSA) is 51.4 Å². The van der Waals surface area contributed by atoms with E-state index in [1.807, 2.05) is 0 Å². The van der Waals surface area contributed by atoms with Crippen LogP contribution in [0.15, 0.2) is 18.5 Å². The molecule has 2 N–H and O–H groups in total. The van der Waals surface area contributed by atoms with Crippen LogP contribution in [-0.2, 0) is 0 Å². The van der Waals surface area contributed by atoms with Gasteiger partial charge in [-0.15, -0.1) is 0 Å². The SMILES string of the molecule is CCN(CC)CCOc1cnccc1C(N)=S. The fraction of sp³-hybridized carbons (Fsp3) is 0.500. The number of aromatic nitrogens is 1. The van der Waals surface area contributed by atoms with E-state index in [1.54, 1.807) is 18.5 Å². The van der Waals surface area contributed by atoms with Crippen LogP contribution in [0, 0.1) is 0 Å². The molecule has 0 saturated carbocycles. The smallest absolute Gasteiger partial charge is 0.147 e. The van der Waals surface area contributed by atoms with Crippen molar-refractivity contribution in [2.24, 2.45) is 5.73 Å². The fourth-order valence-corrected chi connectivity index (χ4v) is 1.69. The molecule has 0 bridgehead atoms. The highest BCUT2D eigenvalue weighted by atomic mass is 32.1. The molecule has 17 heavy (non-hydrogen) atoms. The summed E-state index contributed by atoms with van der Waals surface area (Å²) in [5.41, 5.74) is 6.36. The average Bonchev–Trinajstić information content (AvgIpc) is 2.35. The lowest BCUT2D eigenvalue weighted by Gasteiger charge is -2.18. The quantitative estimate of drug-likeness (QED) is 0.745. The van der Waals surface area contributed by atoms with Gasteiger partial charge in [0, 0.05) is 12.7 Å². The molecule has 0 unspecified atom stereocenters. The first-order chi connectivity index (χ1) is 8.19. The van der Waals surface area contributed by atoms with E-state index in [1.165, 1.54) is 0 Å².